The third-order valence-electron chi connectivity index (χ3n) is 9.07. The molecular formula is C39H61N4O2+. The monoisotopic (exact) mass is 617 g/mol. The van der Waals surface area contributed by atoms with E-state index < -0.39 is 6.04 Å². The Labute approximate surface area is 273 Å². The predicted octanol–water partition coefficient (Wildman–Crippen LogP) is 8.11. The number of likely N-dealkylation sites (N-methyl/N-ethyl adjacent to an activating group) is 1. The number of quaternary nitrogens is 1. The number of nitrogens with one attached hydrogen (secondary N) is 3. The van der Waals surface area contributed by atoms with E-state index >= 15 is 0 Å². The first-order valence-electron chi connectivity index (χ1n) is 17.8. The van der Waals surface area contributed by atoms with Crippen LogP contribution in [0.25, 0.3) is 10.9 Å². The van der Waals surface area contributed by atoms with Crippen molar-refractivity contribution >= 4 is 22.7 Å². The fourth-order valence-electron chi connectivity index (χ4n) is 6.21. The quantitative estimate of drug-likeness (QED) is 0.0743. The highest BCUT2D eigenvalue weighted by atomic mass is 16.2. The van der Waals surface area contributed by atoms with Crippen LogP contribution in [-0.2, 0) is 22.4 Å². The molecule has 6 nitrogen and oxygen atoms in total. The molecule has 3 rings (SSSR count). The lowest BCUT2D eigenvalue weighted by Gasteiger charge is -2.34. The van der Waals surface area contributed by atoms with Gasteiger partial charge in [0.1, 0.15) is 6.04 Å². The Kier molecular flexibility index (Phi) is 16.2. The number of amides is 2. The summed E-state index contributed by atoms with van der Waals surface area (Å²) in [6, 6.07) is 17.2. The van der Waals surface area contributed by atoms with Crippen LogP contribution in [0.5, 0.6) is 0 Å². The fraction of sp³-hybridized carbons (Fsp3) is 0.590. The first-order valence-corrected chi connectivity index (χ1v) is 17.8. The van der Waals surface area contributed by atoms with Crippen LogP contribution in [0.3, 0.4) is 0 Å². The van der Waals surface area contributed by atoms with Gasteiger partial charge in [-0.2, -0.15) is 0 Å². The lowest BCUT2D eigenvalue weighted by molar-refractivity contribution is -0.886. The molecule has 0 radical (unpaired) electrons. The molecule has 2 atom stereocenters. The lowest BCUT2D eigenvalue weighted by Crippen LogP contribution is -2.59. The Bertz CT molecular complexity index is 1250. The maximum absolute atomic E-state index is 13.9. The van der Waals surface area contributed by atoms with Gasteiger partial charge in [-0.15, -0.1) is 0 Å². The highest BCUT2D eigenvalue weighted by molar-refractivity contribution is 5.90. The summed E-state index contributed by atoms with van der Waals surface area (Å²) in [4.78, 5) is 30.6. The molecule has 0 aliphatic heterocycles. The van der Waals surface area contributed by atoms with Gasteiger partial charge < -0.3 is 20.1 Å². The Morgan fingerprint density at radius 1 is 0.689 bits per heavy atom. The zero-order valence-corrected chi connectivity index (χ0v) is 28.7. The van der Waals surface area contributed by atoms with E-state index in [4.69, 9.17) is 0 Å². The Morgan fingerprint density at radius 2 is 1.24 bits per heavy atom. The van der Waals surface area contributed by atoms with Crippen molar-refractivity contribution in [2.75, 3.05) is 27.7 Å². The second-order valence-corrected chi connectivity index (χ2v) is 13.8. The number of nitrogens with zero attached hydrogens (tertiary/aromatic N) is 1. The number of carbonyl (C=O) groups is 2. The summed E-state index contributed by atoms with van der Waals surface area (Å²) in [6.07, 6.45) is 21.4. The molecule has 0 aliphatic carbocycles. The maximum atomic E-state index is 13.9. The molecule has 3 aromatic rings. The van der Waals surface area contributed by atoms with E-state index in [9.17, 15) is 9.59 Å². The standard InChI is InChI=1S/C39H60N4O2/c1-5-6-7-8-9-10-11-12-13-14-15-16-17-23-28-40-38(44)36(29-32-24-19-18-20-25-32)42-39(45)37(43(2,3)4)30-33-31-41-35-27-22-21-26-34(33)35/h18-22,24-27,31,36-37,41H,5-17,23,28-30H2,1-4H3,(H-,40,42,44,45)/p+1/t36-,37?/m0/s1. The van der Waals surface area contributed by atoms with Crippen molar-refractivity contribution in [1.29, 1.82) is 0 Å². The predicted molar refractivity (Wildman–Crippen MR) is 189 cm³/mol. The Morgan fingerprint density at radius 3 is 1.84 bits per heavy atom. The number of H-pyrrole nitrogens is 1. The van der Waals surface area contributed by atoms with Gasteiger partial charge in [-0.25, -0.2) is 0 Å². The average Bonchev–Trinajstić information content (AvgIpc) is 3.44. The van der Waals surface area contributed by atoms with Crippen molar-refractivity contribution in [3.8, 4) is 0 Å². The smallest absolute Gasteiger partial charge is 0.279 e. The molecule has 3 N–H and O–H groups in total. The van der Waals surface area contributed by atoms with Gasteiger partial charge in [-0.05, 0) is 23.6 Å². The van der Waals surface area contributed by atoms with Gasteiger partial charge in [0.05, 0.1) is 21.1 Å². The van der Waals surface area contributed by atoms with Gasteiger partial charge in [0, 0.05) is 36.5 Å². The number of fused-ring (bicyclic) bond motifs is 1. The summed E-state index contributed by atoms with van der Waals surface area (Å²) < 4.78 is 0.462. The van der Waals surface area contributed by atoms with Gasteiger partial charge in [-0.3, -0.25) is 9.59 Å². The molecule has 45 heavy (non-hydrogen) atoms. The molecule has 0 spiro atoms. The number of hydrogen-bond acceptors (Lipinski definition) is 2. The third-order valence-corrected chi connectivity index (χ3v) is 9.07. The molecule has 0 bridgehead atoms. The Balaban J connectivity index is 1.45. The summed E-state index contributed by atoms with van der Waals surface area (Å²) >= 11 is 0. The topological polar surface area (TPSA) is 74.0 Å². The minimum atomic E-state index is -0.622. The summed E-state index contributed by atoms with van der Waals surface area (Å²) in [6.45, 7) is 2.92. The lowest BCUT2D eigenvalue weighted by atomic mass is 10.0. The van der Waals surface area contributed by atoms with Crippen LogP contribution in [0.4, 0.5) is 0 Å². The molecule has 1 unspecified atom stereocenters. The van der Waals surface area contributed by atoms with Crippen molar-refractivity contribution < 1.29 is 14.1 Å². The van der Waals surface area contributed by atoms with Crippen LogP contribution in [0.2, 0.25) is 0 Å². The first-order chi connectivity index (χ1) is 21.8. The summed E-state index contributed by atoms with van der Waals surface area (Å²) in [5, 5.41) is 7.43. The number of hydrogen-bond donors (Lipinski definition) is 3. The van der Waals surface area contributed by atoms with Crippen LogP contribution in [-0.4, -0.2) is 61.1 Å². The van der Waals surface area contributed by atoms with E-state index in [0.29, 0.717) is 23.9 Å². The van der Waals surface area contributed by atoms with Crippen LogP contribution < -0.4 is 10.6 Å². The second kappa shape index (κ2) is 20.1. The molecule has 2 aromatic carbocycles. The molecule has 0 saturated carbocycles. The third kappa shape index (κ3) is 13.4. The van der Waals surface area contributed by atoms with E-state index in [1.54, 1.807) is 0 Å². The number of benzene rings is 2. The molecule has 6 heteroatoms. The van der Waals surface area contributed by atoms with Crippen molar-refractivity contribution in [3.63, 3.8) is 0 Å². The highest BCUT2D eigenvalue weighted by Crippen LogP contribution is 2.22. The second-order valence-electron chi connectivity index (χ2n) is 13.8. The van der Waals surface area contributed by atoms with Gasteiger partial charge >= 0.3 is 0 Å². The van der Waals surface area contributed by atoms with E-state index in [1.807, 2.05) is 69.8 Å². The van der Waals surface area contributed by atoms with E-state index in [0.717, 1.165) is 34.9 Å². The molecule has 248 valence electrons. The summed E-state index contributed by atoms with van der Waals surface area (Å²) in [5.41, 5.74) is 3.21. The van der Waals surface area contributed by atoms with E-state index in [2.05, 4.69) is 34.7 Å². The van der Waals surface area contributed by atoms with E-state index in [-0.39, 0.29) is 17.9 Å². The molecular weight excluding hydrogens is 556 g/mol. The minimum Gasteiger partial charge on any atom is -0.361 e. The van der Waals surface area contributed by atoms with Gasteiger partial charge in [-0.1, -0.05) is 139 Å². The molecule has 0 aliphatic rings. The van der Waals surface area contributed by atoms with Crippen LogP contribution in [0.15, 0.2) is 60.8 Å². The van der Waals surface area contributed by atoms with Gasteiger partial charge in [0.2, 0.25) is 5.91 Å². The number of carbonyl (C=O) groups excluding carboxylic acids is 2. The zero-order chi connectivity index (χ0) is 32.3. The fourth-order valence-corrected chi connectivity index (χ4v) is 6.21. The van der Waals surface area contributed by atoms with Crippen molar-refractivity contribution in [2.24, 2.45) is 0 Å². The van der Waals surface area contributed by atoms with Crippen molar-refractivity contribution in [2.45, 2.75) is 122 Å². The number of para-hydroxylation sites is 1. The first kappa shape index (κ1) is 36.3. The highest BCUT2D eigenvalue weighted by Gasteiger charge is 2.35. The molecule has 1 heterocycles. The molecule has 2 amide bonds. The average molecular weight is 618 g/mol. The number of aromatic amines is 1. The molecule has 0 fully saturated rings. The van der Waals surface area contributed by atoms with Crippen molar-refractivity contribution in [1.82, 2.24) is 15.6 Å². The van der Waals surface area contributed by atoms with Gasteiger partial charge in [0.25, 0.3) is 5.91 Å². The van der Waals surface area contributed by atoms with Crippen LogP contribution in [0, 0.1) is 0 Å². The van der Waals surface area contributed by atoms with Crippen LogP contribution >= 0.6 is 0 Å². The van der Waals surface area contributed by atoms with Crippen molar-refractivity contribution in [3.05, 3.63) is 71.9 Å². The zero-order valence-electron chi connectivity index (χ0n) is 28.7. The van der Waals surface area contributed by atoms with E-state index in [1.165, 1.54) is 77.0 Å². The normalized spacial score (nSPS) is 13.1. The largest absolute Gasteiger partial charge is 0.361 e. The number of rotatable bonds is 23. The number of aromatic nitrogens is 1. The summed E-state index contributed by atoms with van der Waals surface area (Å²) in [7, 11) is 6.13. The Hall–Kier alpha value is -3.12. The number of unbranched alkanes of at least 4 members (excludes halogenated alkanes) is 13. The maximum Gasteiger partial charge on any atom is 0.279 e. The van der Waals surface area contributed by atoms with Crippen LogP contribution in [0.1, 0.15) is 108 Å². The summed E-state index contributed by atoms with van der Waals surface area (Å²) in [5.74, 6) is -0.200. The van der Waals surface area contributed by atoms with Gasteiger partial charge in [0.15, 0.2) is 6.04 Å². The minimum absolute atomic E-state index is 0.0969. The molecule has 1 aromatic heterocycles. The molecule has 0 saturated heterocycles. The SMILES string of the molecule is CCCCCCCCCCCCCCCCNC(=O)[C@H](Cc1ccccc1)NC(=O)C(Cc1c[nH]c2ccccc12)[N+](C)(C)C.